The summed E-state index contributed by atoms with van der Waals surface area (Å²) in [5, 5.41) is 4.30. The van der Waals surface area contributed by atoms with Gasteiger partial charge in [-0.2, -0.15) is 5.43 Å². The Bertz CT molecular complexity index is 519. The molecular weight excluding hydrogens is 248 g/mol. The number of methoxy groups -OCH3 is 1. The number of nitrogens with zero attached hydrogens (tertiary/aromatic N) is 2. The number of nitrogens with one attached hydrogen (secondary N) is 2. The maximum Gasteiger partial charge on any atom is 0.356 e. The number of esters is 1. The summed E-state index contributed by atoms with van der Waals surface area (Å²) in [4.78, 5) is 27.6. The number of carbonyl (C=O) groups is 2. The van der Waals surface area contributed by atoms with Gasteiger partial charge in [-0.25, -0.2) is 14.8 Å². The average Bonchev–Trinajstić information content (AvgIpc) is 3.18. The van der Waals surface area contributed by atoms with Crippen LogP contribution in [-0.2, 0) is 14.3 Å². The molecule has 19 heavy (non-hydrogen) atoms. The van der Waals surface area contributed by atoms with Crippen LogP contribution in [0.3, 0.4) is 0 Å². The van der Waals surface area contributed by atoms with Crippen molar-refractivity contribution < 1.29 is 14.3 Å². The van der Waals surface area contributed by atoms with Gasteiger partial charge in [-0.1, -0.05) is 6.08 Å². The molecule has 0 aromatic carbocycles. The maximum absolute atomic E-state index is 11.7. The number of amides is 1. The standard InChI is InChI=1S/C12H14N4O3/c1-19-11(18)8-3-2-4-9-13-12(15-16(8)9)14-10(17)7-5-6-7/h2-4,7,12,15H,5-6H2,1H3,(H,14,17). The molecule has 0 bridgehead atoms. The summed E-state index contributed by atoms with van der Waals surface area (Å²) in [5.41, 5.74) is 3.29. The van der Waals surface area contributed by atoms with E-state index in [9.17, 15) is 9.59 Å². The van der Waals surface area contributed by atoms with Crippen molar-refractivity contribution in [3.8, 4) is 0 Å². The normalized spacial score (nSPS) is 24.5. The third-order valence-corrected chi connectivity index (χ3v) is 3.10. The van der Waals surface area contributed by atoms with E-state index in [0.717, 1.165) is 12.8 Å². The molecular formula is C12H14N4O3. The fourth-order valence-corrected chi connectivity index (χ4v) is 1.94. The fraction of sp³-hybridized carbons (Fsp3) is 0.417. The zero-order valence-corrected chi connectivity index (χ0v) is 10.4. The van der Waals surface area contributed by atoms with Crippen molar-refractivity contribution in [3.63, 3.8) is 0 Å². The minimum Gasteiger partial charge on any atom is -0.464 e. The minimum atomic E-state index is -0.543. The average molecular weight is 262 g/mol. The molecule has 0 aromatic heterocycles. The van der Waals surface area contributed by atoms with E-state index in [0.29, 0.717) is 11.5 Å². The predicted molar refractivity (Wildman–Crippen MR) is 66.3 cm³/mol. The van der Waals surface area contributed by atoms with E-state index in [-0.39, 0.29) is 11.8 Å². The lowest BCUT2D eigenvalue weighted by molar-refractivity contribution is -0.137. The molecule has 0 radical (unpaired) electrons. The SMILES string of the molecule is COC(=O)C1=CC=CC2=NC(NC(=O)C3CC3)NN12. The Labute approximate surface area is 110 Å². The summed E-state index contributed by atoms with van der Waals surface area (Å²) in [6.07, 6.45) is 6.43. The number of hydrogen-bond acceptors (Lipinski definition) is 6. The third kappa shape index (κ3) is 2.24. The second-order valence-electron chi connectivity index (χ2n) is 4.54. The monoisotopic (exact) mass is 262 g/mol. The Kier molecular flexibility index (Phi) is 2.83. The first-order chi connectivity index (χ1) is 9.19. The summed E-state index contributed by atoms with van der Waals surface area (Å²) in [6.45, 7) is 0. The van der Waals surface area contributed by atoms with Gasteiger partial charge in [0.05, 0.1) is 7.11 Å². The van der Waals surface area contributed by atoms with Crippen molar-refractivity contribution in [3.05, 3.63) is 23.9 Å². The van der Waals surface area contributed by atoms with Crippen LogP contribution in [0.2, 0.25) is 0 Å². The number of fused-ring (bicyclic) bond motifs is 1. The van der Waals surface area contributed by atoms with E-state index in [1.165, 1.54) is 12.1 Å². The van der Waals surface area contributed by atoms with E-state index in [4.69, 9.17) is 4.74 Å². The Morgan fingerprint density at radius 2 is 2.32 bits per heavy atom. The van der Waals surface area contributed by atoms with Gasteiger partial charge in [0.2, 0.25) is 5.91 Å². The van der Waals surface area contributed by atoms with Crippen LogP contribution in [0.1, 0.15) is 12.8 Å². The number of hydrogen-bond donors (Lipinski definition) is 2. The quantitative estimate of drug-likeness (QED) is 0.679. The van der Waals surface area contributed by atoms with Crippen LogP contribution in [0.15, 0.2) is 28.9 Å². The van der Waals surface area contributed by atoms with E-state index >= 15 is 0 Å². The highest BCUT2D eigenvalue weighted by molar-refractivity contribution is 6.03. The van der Waals surface area contributed by atoms with Gasteiger partial charge in [0.25, 0.3) is 0 Å². The Balaban J connectivity index is 1.70. The smallest absolute Gasteiger partial charge is 0.356 e. The van der Waals surface area contributed by atoms with E-state index < -0.39 is 12.3 Å². The topological polar surface area (TPSA) is 83.0 Å². The lowest BCUT2D eigenvalue weighted by Gasteiger charge is -2.23. The number of amidine groups is 1. The maximum atomic E-state index is 11.7. The van der Waals surface area contributed by atoms with Gasteiger partial charge in [0.15, 0.2) is 6.29 Å². The first kappa shape index (κ1) is 11.9. The Morgan fingerprint density at radius 3 is 3.00 bits per heavy atom. The molecule has 1 fully saturated rings. The molecule has 0 aromatic rings. The molecule has 2 aliphatic heterocycles. The number of allylic oxidation sites excluding steroid dienone is 2. The van der Waals surface area contributed by atoms with E-state index in [2.05, 4.69) is 15.7 Å². The van der Waals surface area contributed by atoms with Crippen molar-refractivity contribution in [1.29, 1.82) is 0 Å². The number of aliphatic imine (C=N–C) groups is 1. The third-order valence-electron chi connectivity index (χ3n) is 3.10. The molecule has 2 heterocycles. The molecule has 1 unspecified atom stereocenters. The van der Waals surface area contributed by atoms with Gasteiger partial charge in [0, 0.05) is 5.92 Å². The van der Waals surface area contributed by atoms with Crippen molar-refractivity contribution >= 4 is 17.7 Å². The zero-order chi connectivity index (χ0) is 13.4. The molecule has 100 valence electrons. The highest BCUT2D eigenvalue weighted by Crippen LogP contribution is 2.29. The van der Waals surface area contributed by atoms with Gasteiger partial charge in [-0.15, -0.1) is 0 Å². The summed E-state index contributed by atoms with van der Waals surface area (Å²) in [6, 6.07) is 0. The summed E-state index contributed by atoms with van der Waals surface area (Å²) < 4.78 is 4.70. The first-order valence-corrected chi connectivity index (χ1v) is 6.10. The lowest BCUT2D eigenvalue weighted by Crippen LogP contribution is -2.49. The highest BCUT2D eigenvalue weighted by atomic mass is 16.5. The number of carbonyl (C=O) groups excluding carboxylic acids is 2. The number of rotatable bonds is 3. The van der Waals surface area contributed by atoms with Crippen LogP contribution < -0.4 is 10.7 Å². The van der Waals surface area contributed by atoms with Crippen molar-refractivity contribution in [1.82, 2.24) is 15.8 Å². The summed E-state index contributed by atoms with van der Waals surface area (Å²) >= 11 is 0. The van der Waals surface area contributed by atoms with Gasteiger partial charge < -0.3 is 10.1 Å². The van der Waals surface area contributed by atoms with Crippen molar-refractivity contribution in [2.24, 2.45) is 10.9 Å². The second kappa shape index (κ2) is 4.51. The van der Waals surface area contributed by atoms with Gasteiger partial charge >= 0.3 is 5.97 Å². The molecule has 1 atom stereocenters. The first-order valence-electron chi connectivity index (χ1n) is 6.10. The Hall–Kier alpha value is -2.15. The molecule has 0 saturated heterocycles. The molecule has 1 aliphatic carbocycles. The number of ether oxygens (including phenoxy) is 1. The van der Waals surface area contributed by atoms with Crippen LogP contribution >= 0.6 is 0 Å². The molecule has 1 saturated carbocycles. The van der Waals surface area contributed by atoms with Crippen molar-refractivity contribution in [2.45, 2.75) is 19.1 Å². The minimum absolute atomic E-state index is 0.00530. The van der Waals surface area contributed by atoms with Gasteiger partial charge in [0.1, 0.15) is 11.5 Å². The van der Waals surface area contributed by atoms with Crippen LogP contribution in [-0.4, -0.2) is 36.1 Å². The van der Waals surface area contributed by atoms with Crippen LogP contribution in [0.25, 0.3) is 0 Å². The molecule has 7 heteroatoms. The molecule has 0 spiro atoms. The van der Waals surface area contributed by atoms with Crippen molar-refractivity contribution in [2.75, 3.05) is 7.11 Å². The van der Waals surface area contributed by atoms with E-state index in [1.54, 1.807) is 18.2 Å². The van der Waals surface area contributed by atoms with Crippen LogP contribution in [0, 0.1) is 5.92 Å². The van der Waals surface area contributed by atoms with Gasteiger partial charge in [-0.3, -0.25) is 4.79 Å². The lowest BCUT2D eigenvalue weighted by atomic mass is 10.2. The summed E-state index contributed by atoms with van der Waals surface area (Å²) in [5.74, 6) is 0.225. The summed E-state index contributed by atoms with van der Waals surface area (Å²) in [7, 11) is 1.32. The molecule has 3 aliphatic rings. The number of hydrazine groups is 1. The fourth-order valence-electron chi connectivity index (χ4n) is 1.94. The molecule has 7 nitrogen and oxygen atoms in total. The predicted octanol–water partition coefficient (Wildman–Crippen LogP) is -0.358. The van der Waals surface area contributed by atoms with Gasteiger partial charge in [-0.05, 0) is 25.0 Å². The molecule has 3 rings (SSSR count). The highest BCUT2D eigenvalue weighted by Gasteiger charge is 2.35. The van der Waals surface area contributed by atoms with Crippen LogP contribution in [0.4, 0.5) is 0 Å². The van der Waals surface area contributed by atoms with E-state index in [1.807, 2.05) is 0 Å². The van der Waals surface area contributed by atoms with Crippen LogP contribution in [0.5, 0.6) is 0 Å². The molecule has 2 N–H and O–H groups in total. The molecule has 1 amide bonds. The Morgan fingerprint density at radius 1 is 1.53 bits per heavy atom. The second-order valence-corrected chi connectivity index (χ2v) is 4.54. The zero-order valence-electron chi connectivity index (χ0n) is 10.4. The largest absolute Gasteiger partial charge is 0.464 e.